The van der Waals surface area contributed by atoms with E-state index in [2.05, 4.69) is 93.2 Å². The first-order valence-electron chi connectivity index (χ1n) is 12.5. The van der Waals surface area contributed by atoms with Crippen molar-refractivity contribution in [2.75, 3.05) is 11.4 Å². The molecule has 0 radical (unpaired) electrons. The van der Waals surface area contributed by atoms with E-state index in [9.17, 15) is 4.79 Å². The Kier molecular flexibility index (Phi) is 4.94. The molecule has 0 amide bonds. The van der Waals surface area contributed by atoms with Crippen LogP contribution in [-0.2, 0) is 10.2 Å². The summed E-state index contributed by atoms with van der Waals surface area (Å²) in [6.45, 7) is 17.0. The SMILES string of the molecule is CCC1(c2cccc(N3CC(C)(C)C3C(C)C)c2)C2=CN=NC2NC2=C1C(=O)CC(C)(C)C2. The van der Waals surface area contributed by atoms with E-state index < -0.39 is 5.41 Å². The van der Waals surface area contributed by atoms with Crippen LogP contribution in [0.5, 0.6) is 0 Å². The summed E-state index contributed by atoms with van der Waals surface area (Å²) in [5.74, 6) is 0.838. The third-order valence-corrected chi connectivity index (χ3v) is 8.33. The Morgan fingerprint density at radius 1 is 1.18 bits per heavy atom. The van der Waals surface area contributed by atoms with Crippen molar-refractivity contribution < 1.29 is 4.79 Å². The maximum atomic E-state index is 13.7. The van der Waals surface area contributed by atoms with Crippen molar-refractivity contribution in [3.63, 3.8) is 0 Å². The van der Waals surface area contributed by atoms with E-state index >= 15 is 0 Å². The predicted molar refractivity (Wildman–Crippen MR) is 133 cm³/mol. The first kappa shape index (κ1) is 22.4. The van der Waals surface area contributed by atoms with E-state index in [-0.39, 0.29) is 17.4 Å². The summed E-state index contributed by atoms with van der Waals surface area (Å²) in [4.78, 5) is 16.2. The first-order valence-corrected chi connectivity index (χ1v) is 12.5. The van der Waals surface area contributed by atoms with Crippen LogP contribution in [0.15, 0.2) is 57.5 Å². The molecular formula is C28H38N4O. The number of hydrogen-bond donors (Lipinski definition) is 1. The Bertz CT molecular complexity index is 1090. The molecule has 5 rings (SSSR count). The van der Waals surface area contributed by atoms with Crippen molar-refractivity contribution in [3.05, 3.63) is 52.9 Å². The second-order valence-corrected chi connectivity index (χ2v) is 12.3. The van der Waals surface area contributed by atoms with Crippen LogP contribution < -0.4 is 10.2 Å². The van der Waals surface area contributed by atoms with Gasteiger partial charge in [-0.15, -0.1) is 0 Å². The van der Waals surface area contributed by atoms with Crippen molar-refractivity contribution in [1.29, 1.82) is 0 Å². The molecule has 176 valence electrons. The minimum Gasteiger partial charge on any atom is -0.367 e. The number of carbonyl (C=O) groups is 1. The summed E-state index contributed by atoms with van der Waals surface area (Å²) >= 11 is 0. The van der Waals surface area contributed by atoms with Gasteiger partial charge in [-0.1, -0.05) is 60.6 Å². The van der Waals surface area contributed by atoms with Crippen LogP contribution in [0.1, 0.15) is 73.3 Å². The standard InChI is InChI=1S/C28H38N4O/c1-8-28(18-10-9-11-19(12-18)32-16-27(6,7)24(32)17(2)3)20-15-29-31-25(20)30-21-13-26(4,5)14-22(33)23(21)28/h9-12,15,17,24-25,30H,8,13-14,16H2,1-7H3. The summed E-state index contributed by atoms with van der Waals surface area (Å²) in [6.07, 6.45) is 3.98. The lowest BCUT2D eigenvalue weighted by Crippen LogP contribution is -2.64. The average molecular weight is 447 g/mol. The number of benzene rings is 1. The summed E-state index contributed by atoms with van der Waals surface area (Å²) < 4.78 is 0. The van der Waals surface area contributed by atoms with Gasteiger partial charge in [0.15, 0.2) is 11.9 Å². The predicted octanol–water partition coefficient (Wildman–Crippen LogP) is 6.13. The lowest BCUT2D eigenvalue weighted by atomic mass is 9.58. The number of fused-ring (bicyclic) bond motifs is 1. The molecule has 0 saturated carbocycles. The van der Waals surface area contributed by atoms with E-state index in [1.54, 1.807) is 0 Å². The van der Waals surface area contributed by atoms with Crippen molar-refractivity contribution in [3.8, 4) is 0 Å². The highest BCUT2D eigenvalue weighted by molar-refractivity contribution is 6.01. The van der Waals surface area contributed by atoms with Gasteiger partial charge in [-0.2, -0.15) is 10.2 Å². The molecule has 1 fully saturated rings. The highest BCUT2D eigenvalue weighted by Crippen LogP contribution is 2.54. The van der Waals surface area contributed by atoms with Crippen LogP contribution in [0.25, 0.3) is 0 Å². The van der Waals surface area contributed by atoms with Crippen molar-refractivity contribution in [2.24, 2.45) is 27.0 Å². The van der Waals surface area contributed by atoms with Gasteiger partial charge in [-0.3, -0.25) is 4.79 Å². The molecule has 1 aliphatic carbocycles. The van der Waals surface area contributed by atoms with Crippen molar-refractivity contribution in [1.82, 2.24) is 5.32 Å². The molecule has 0 aromatic heterocycles. The van der Waals surface area contributed by atoms with Gasteiger partial charge in [0.05, 0.1) is 11.6 Å². The van der Waals surface area contributed by atoms with Crippen LogP contribution >= 0.6 is 0 Å². The molecule has 1 saturated heterocycles. The minimum atomic E-state index is -0.480. The molecule has 1 aromatic rings. The van der Waals surface area contributed by atoms with Gasteiger partial charge >= 0.3 is 0 Å². The summed E-state index contributed by atoms with van der Waals surface area (Å²) in [5, 5.41) is 12.4. The van der Waals surface area contributed by atoms with Crippen molar-refractivity contribution >= 4 is 11.5 Å². The quantitative estimate of drug-likeness (QED) is 0.605. The average Bonchev–Trinajstić information content (AvgIpc) is 3.18. The molecule has 1 N–H and O–H groups in total. The number of rotatable bonds is 4. The third kappa shape index (κ3) is 3.22. The molecule has 5 nitrogen and oxygen atoms in total. The fourth-order valence-electron chi connectivity index (χ4n) is 7.29. The summed E-state index contributed by atoms with van der Waals surface area (Å²) in [6, 6.07) is 9.46. The monoisotopic (exact) mass is 446 g/mol. The van der Waals surface area contributed by atoms with Crippen LogP contribution in [0.4, 0.5) is 5.69 Å². The topological polar surface area (TPSA) is 57.1 Å². The molecule has 0 spiro atoms. The number of nitrogens with zero attached hydrogens (tertiary/aromatic N) is 3. The number of nitrogens with one attached hydrogen (secondary N) is 1. The number of ketones is 1. The van der Waals surface area contributed by atoms with Crippen LogP contribution in [0.3, 0.4) is 0 Å². The Morgan fingerprint density at radius 3 is 2.61 bits per heavy atom. The third-order valence-electron chi connectivity index (χ3n) is 8.33. The maximum absolute atomic E-state index is 13.7. The van der Waals surface area contributed by atoms with Crippen molar-refractivity contribution in [2.45, 2.75) is 85.4 Å². The number of allylic oxidation sites excluding steroid dienone is 2. The van der Waals surface area contributed by atoms with Gasteiger partial charge in [0.1, 0.15) is 0 Å². The molecule has 3 aliphatic heterocycles. The van der Waals surface area contributed by atoms with E-state index in [1.807, 2.05) is 6.20 Å². The van der Waals surface area contributed by atoms with E-state index in [0.717, 1.165) is 36.2 Å². The zero-order valence-corrected chi connectivity index (χ0v) is 21.2. The zero-order chi connectivity index (χ0) is 23.8. The molecule has 1 aromatic carbocycles. The first-order chi connectivity index (χ1) is 15.5. The zero-order valence-electron chi connectivity index (χ0n) is 21.2. The van der Waals surface area contributed by atoms with E-state index in [1.165, 1.54) is 11.3 Å². The second-order valence-electron chi connectivity index (χ2n) is 12.3. The normalized spacial score (nSPS) is 31.7. The fourth-order valence-corrected chi connectivity index (χ4v) is 7.29. The molecule has 3 unspecified atom stereocenters. The molecule has 3 heterocycles. The molecular weight excluding hydrogens is 408 g/mol. The highest BCUT2D eigenvalue weighted by Gasteiger charge is 2.53. The Balaban J connectivity index is 1.65. The fraction of sp³-hybridized carbons (Fsp3) is 0.607. The minimum absolute atomic E-state index is 0.0467. The van der Waals surface area contributed by atoms with Crippen LogP contribution in [0.2, 0.25) is 0 Å². The van der Waals surface area contributed by atoms with Gasteiger partial charge in [-0.25, -0.2) is 0 Å². The molecule has 0 bridgehead atoms. The molecule has 4 aliphatic rings. The second kappa shape index (κ2) is 7.28. The molecule has 33 heavy (non-hydrogen) atoms. The molecule has 3 atom stereocenters. The van der Waals surface area contributed by atoms with Gasteiger partial charge < -0.3 is 10.2 Å². The molecule has 5 heteroatoms. The number of carbonyl (C=O) groups excluding carboxylic acids is 1. The Labute approximate surface area is 198 Å². The van der Waals surface area contributed by atoms with Gasteiger partial charge in [0, 0.05) is 47.0 Å². The van der Waals surface area contributed by atoms with Gasteiger partial charge in [-0.05, 0) is 41.9 Å². The number of azo groups is 1. The highest BCUT2D eigenvalue weighted by atomic mass is 16.1. The lowest BCUT2D eigenvalue weighted by Gasteiger charge is -2.58. The smallest absolute Gasteiger partial charge is 0.164 e. The maximum Gasteiger partial charge on any atom is 0.164 e. The Morgan fingerprint density at radius 2 is 1.94 bits per heavy atom. The number of hydrogen-bond acceptors (Lipinski definition) is 5. The van der Waals surface area contributed by atoms with Crippen LogP contribution in [0, 0.1) is 16.7 Å². The van der Waals surface area contributed by atoms with Gasteiger partial charge in [0.2, 0.25) is 0 Å². The Hall–Kier alpha value is -2.43. The largest absolute Gasteiger partial charge is 0.367 e. The van der Waals surface area contributed by atoms with Gasteiger partial charge in [0.25, 0.3) is 0 Å². The summed E-state index contributed by atoms with van der Waals surface area (Å²) in [7, 11) is 0. The number of anilines is 1. The number of Topliss-reactive ketones (excluding diaryl/α,β-unsaturated/α-hetero) is 1. The van der Waals surface area contributed by atoms with E-state index in [4.69, 9.17) is 0 Å². The lowest BCUT2D eigenvalue weighted by molar-refractivity contribution is -0.119. The van der Waals surface area contributed by atoms with Crippen LogP contribution in [-0.4, -0.2) is 24.5 Å². The van der Waals surface area contributed by atoms with E-state index in [0.29, 0.717) is 23.8 Å². The summed E-state index contributed by atoms with van der Waals surface area (Å²) in [5.41, 5.74) is 5.35.